The summed E-state index contributed by atoms with van der Waals surface area (Å²) in [7, 11) is 1.91. The molecule has 132 valence electrons. The van der Waals surface area contributed by atoms with Gasteiger partial charge in [-0.25, -0.2) is 9.97 Å². The van der Waals surface area contributed by atoms with Crippen LogP contribution in [0.5, 0.6) is 0 Å². The first kappa shape index (κ1) is 17.5. The van der Waals surface area contributed by atoms with Crippen molar-refractivity contribution >= 4 is 22.6 Å². The molecule has 7 heteroatoms. The lowest BCUT2D eigenvalue weighted by Gasteiger charge is -2.00. The third-order valence-corrected chi connectivity index (χ3v) is 3.97. The van der Waals surface area contributed by atoms with E-state index in [4.69, 9.17) is 11.5 Å². The topological polar surface area (TPSA) is 100 Å². The highest BCUT2D eigenvalue weighted by atomic mass is 15.3. The number of hydrogen-bond acceptors (Lipinski definition) is 5. The molecule has 5 rings (SSSR count). The van der Waals surface area contributed by atoms with Crippen LogP contribution in [0.1, 0.15) is 12.8 Å². The van der Waals surface area contributed by atoms with Crippen LogP contribution >= 0.6 is 0 Å². The van der Waals surface area contributed by atoms with Crippen LogP contribution in [0.2, 0.25) is 0 Å². The van der Waals surface area contributed by atoms with Gasteiger partial charge in [0.1, 0.15) is 5.52 Å². The van der Waals surface area contributed by atoms with Gasteiger partial charge in [-0.3, -0.25) is 0 Å². The molecule has 0 radical (unpaired) electrons. The molecule has 26 heavy (non-hydrogen) atoms. The molecular weight excluding hydrogens is 326 g/mol. The second-order valence-electron chi connectivity index (χ2n) is 6.03. The standard InChI is InChI=1S/C14H12N6.C3H7N.C2H2/c1-19-8-16-12-13(15)17-11-7-10(18-20(11)14(12)19)9-5-3-2-4-6-9;4-3-1-2-3;1-2/h2-8H,1H3,(H2,15,17);3H,1-2,4H2;1-2H. The molecule has 1 fully saturated rings. The van der Waals surface area contributed by atoms with Gasteiger partial charge in [0.15, 0.2) is 17.1 Å². The Bertz CT molecular complexity index is 1040. The van der Waals surface area contributed by atoms with E-state index in [2.05, 4.69) is 27.9 Å². The lowest BCUT2D eigenvalue weighted by Crippen LogP contribution is -2.01. The van der Waals surface area contributed by atoms with Gasteiger partial charge < -0.3 is 16.0 Å². The highest BCUT2D eigenvalue weighted by molar-refractivity contribution is 5.85. The van der Waals surface area contributed by atoms with E-state index in [0.29, 0.717) is 17.4 Å². The van der Waals surface area contributed by atoms with E-state index in [9.17, 15) is 0 Å². The fraction of sp³-hybridized carbons (Fsp3) is 0.211. The third kappa shape index (κ3) is 3.36. The summed E-state index contributed by atoms with van der Waals surface area (Å²) in [5, 5.41) is 4.62. The fourth-order valence-electron chi connectivity index (χ4n) is 2.48. The van der Waals surface area contributed by atoms with Gasteiger partial charge in [-0.05, 0) is 12.8 Å². The fourth-order valence-corrected chi connectivity index (χ4v) is 2.48. The minimum atomic E-state index is 0.424. The van der Waals surface area contributed by atoms with Crippen LogP contribution in [-0.2, 0) is 7.05 Å². The molecule has 0 unspecified atom stereocenters. The number of imidazole rings is 1. The molecule has 4 aromatic rings. The Labute approximate surface area is 151 Å². The minimum Gasteiger partial charge on any atom is -0.382 e. The number of hydrogen-bond donors (Lipinski definition) is 2. The third-order valence-electron chi connectivity index (χ3n) is 3.97. The molecule has 0 spiro atoms. The second kappa shape index (κ2) is 7.25. The quantitative estimate of drug-likeness (QED) is 0.514. The molecule has 3 aromatic heterocycles. The molecule has 0 atom stereocenters. The van der Waals surface area contributed by atoms with Gasteiger partial charge >= 0.3 is 0 Å². The van der Waals surface area contributed by atoms with Gasteiger partial charge in [-0.1, -0.05) is 30.3 Å². The first-order valence-electron chi connectivity index (χ1n) is 8.24. The maximum atomic E-state index is 5.96. The second-order valence-corrected chi connectivity index (χ2v) is 6.03. The summed E-state index contributed by atoms with van der Waals surface area (Å²) in [6.07, 6.45) is 12.2. The number of terminal acetylenes is 1. The lowest BCUT2D eigenvalue weighted by molar-refractivity contribution is 0.877. The summed E-state index contributed by atoms with van der Waals surface area (Å²) in [6, 6.07) is 12.5. The Kier molecular flexibility index (Phi) is 4.87. The summed E-state index contributed by atoms with van der Waals surface area (Å²) >= 11 is 0. The number of nitrogens with zero attached hydrogens (tertiary/aromatic N) is 5. The number of aryl methyl sites for hydroxylation is 1. The van der Waals surface area contributed by atoms with E-state index >= 15 is 0 Å². The van der Waals surface area contributed by atoms with Gasteiger partial charge in [0.05, 0.1) is 12.0 Å². The minimum absolute atomic E-state index is 0.424. The van der Waals surface area contributed by atoms with Gasteiger partial charge in [0, 0.05) is 24.7 Å². The summed E-state index contributed by atoms with van der Waals surface area (Å²) in [5.41, 5.74) is 15.3. The number of nitrogens with two attached hydrogens (primary N) is 2. The molecule has 1 saturated carbocycles. The highest BCUT2D eigenvalue weighted by Gasteiger charge is 2.14. The van der Waals surface area contributed by atoms with Crippen LogP contribution in [0, 0.1) is 12.8 Å². The van der Waals surface area contributed by atoms with Gasteiger partial charge in [0.2, 0.25) is 0 Å². The molecular formula is C19H21N7. The van der Waals surface area contributed by atoms with Crippen molar-refractivity contribution in [3.63, 3.8) is 0 Å². The number of fused-ring (bicyclic) bond motifs is 3. The average molecular weight is 347 g/mol. The van der Waals surface area contributed by atoms with Crippen LogP contribution in [0.3, 0.4) is 0 Å². The predicted molar refractivity (Wildman–Crippen MR) is 104 cm³/mol. The van der Waals surface area contributed by atoms with Crippen molar-refractivity contribution in [1.82, 2.24) is 24.1 Å². The van der Waals surface area contributed by atoms with Crippen molar-refractivity contribution < 1.29 is 0 Å². The number of anilines is 1. The van der Waals surface area contributed by atoms with Crippen LogP contribution in [0.4, 0.5) is 5.82 Å². The molecule has 1 aliphatic carbocycles. The average Bonchev–Trinajstić information content (AvgIpc) is 3.18. The maximum Gasteiger partial charge on any atom is 0.167 e. The van der Waals surface area contributed by atoms with Crippen LogP contribution in [-0.4, -0.2) is 30.2 Å². The van der Waals surface area contributed by atoms with E-state index < -0.39 is 0 Å². The van der Waals surface area contributed by atoms with Gasteiger partial charge in [-0.15, -0.1) is 12.8 Å². The van der Waals surface area contributed by atoms with E-state index in [0.717, 1.165) is 22.6 Å². The molecule has 1 aliphatic rings. The Hall–Kier alpha value is -3.37. The van der Waals surface area contributed by atoms with Gasteiger partial charge in [0.25, 0.3) is 0 Å². The zero-order valence-corrected chi connectivity index (χ0v) is 14.6. The molecule has 4 N–H and O–H groups in total. The number of nitrogen functional groups attached to an aromatic ring is 1. The molecule has 0 bridgehead atoms. The first-order valence-corrected chi connectivity index (χ1v) is 8.24. The Balaban J connectivity index is 0.000000284. The Morgan fingerprint density at radius 3 is 2.42 bits per heavy atom. The summed E-state index contributed by atoms with van der Waals surface area (Å²) < 4.78 is 3.67. The molecule has 1 aromatic carbocycles. The first-order chi connectivity index (χ1) is 12.6. The molecule has 7 nitrogen and oxygen atoms in total. The van der Waals surface area contributed by atoms with Crippen molar-refractivity contribution in [2.24, 2.45) is 12.8 Å². The van der Waals surface area contributed by atoms with Crippen molar-refractivity contribution in [1.29, 1.82) is 0 Å². The van der Waals surface area contributed by atoms with Crippen LogP contribution in [0.15, 0.2) is 42.7 Å². The number of benzene rings is 1. The Morgan fingerprint density at radius 1 is 1.15 bits per heavy atom. The normalized spacial score (nSPS) is 12.9. The van der Waals surface area contributed by atoms with Crippen molar-refractivity contribution in [3.8, 4) is 24.1 Å². The highest BCUT2D eigenvalue weighted by Crippen LogP contribution is 2.23. The van der Waals surface area contributed by atoms with Crippen molar-refractivity contribution in [2.45, 2.75) is 18.9 Å². The van der Waals surface area contributed by atoms with E-state index in [-0.39, 0.29) is 0 Å². The zero-order chi connectivity index (χ0) is 18.7. The smallest absolute Gasteiger partial charge is 0.167 e. The summed E-state index contributed by atoms with van der Waals surface area (Å²) in [6.45, 7) is 0. The van der Waals surface area contributed by atoms with E-state index in [1.165, 1.54) is 12.8 Å². The van der Waals surface area contributed by atoms with Gasteiger partial charge in [-0.2, -0.15) is 9.61 Å². The summed E-state index contributed by atoms with van der Waals surface area (Å²) in [4.78, 5) is 8.63. The van der Waals surface area contributed by atoms with Crippen molar-refractivity contribution in [2.75, 3.05) is 5.73 Å². The SMILES string of the molecule is C#C.Cn1cnc2c(N)nc3cc(-c4ccccc4)nn3c21.NC1CC1. The van der Waals surface area contributed by atoms with Crippen LogP contribution < -0.4 is 11.5 Å². The van der Waals surface area contributed by atoms with Crippen LogP contribution in [0.25, 0.3) is 28.1 Å². The number of rotatable bonds is 1. The lowest BCUT2D eigenvalue weighted by atomic mass is 10.2. The predicted octanol–water partition coefficient (Wildman–Crippen LogP) is 2.22. The van der Waals surface area contributed by atoms with E-state index in [1.54, 1.807) is 10.8 Å². The largest absolute Gasteiger partial charge is 0.382 e. The zero-order valence-electron chi connectivity index (χ0n) is 14.6. The summed E-state index contributed by atoms with van der Waals surface area (Å²) in [5.74, 6) is 0.424. The molecule has 0 amide bonds. The Morgan fingerprint density at radius 2 is 1.81 bits per heavy atom. The maximum absolute atomic E-state index is 5.96. The molecule has 0 saturated heterocycles. The molecule has 3 heterocycles. The van der Waals surface area contributed by atoms with Crippen molar-refractivity contribution in [3.05, 3.63) is 42.7 Å². The monoisotopic (exact) mass is 347 g/mol. The number of aromatic nitrogens is 5. The van der Waals surface area contributed by atoms with E-state index in [1.807, 2.05) is 48.0 Å². The molecule has 0 aliphatic heterocycles.